The highest BCUT2D eigenvalue weighted by molar-refractivity contribution is 5.75. The minimum absolute atomic E-state index is 0.0889. The molecule has 1 aliphatic heterocycles. The van der Waals surface area contributed by atoms with Crippen molar-refractivity contribution in [3.05, 3.63) is 0 Å². The molecule has 112 valence electrons. The first kappa shape index (κ1) is 12.9. The summed E-state index contributed by atoms with van der Waals surface area (Å²) in [5, 5.41) is 3.34. The smallest absolute Gasteiger partial charge is 0.317 e. The normalized spacial score (nSPS) is 38.0. The first-order valence-corrected chi connectivity index (χ1v) is 8.26. The monoisotopic (exact) mass is 278 g/mol. The number of fused-ring (bicyclic) bond motifs is 1. The molecular weight excluding hydrogens is 252 g/mol. The predicted molar refractivity (Wildman–Crippen MR) is 76.4 cm³/mol. The van der Waals surface area contributed by atoms with E-state index in [1.165, 1.54) is 25.7 Å². The quantitative estimate of drug-likeness (QED) is 0.858. The first-order chi connectivity index (χ1) is 9.57. The van der Waals surface area contributed by atoms with Crippen molar-refractivity contribution in [3.8, 4) is 0 Å². The molecule has 3 atom stereocenters. The molecule has 3 saturated carbocycles. The standard InChI is InChI=1S/C16H26N2O2/c1-16(2)13(12-7-8-20-14(12)16)17-15(19)18(11-5-6-11)9-10-3-4-10/h10-14H,3-9H2,1-2H3,(H,17,19)/t12-,13+,14-/m0/s1. The molecule has 0 bridgehead atoms. The summed E-state index contributed by atoms with van der Waals surface area (Å²) < 4.78 is 5.81. The summed E-state index contributed by atoms with van der Waals surface area (Å²) in [4.78, 5) is 14.8. The zero-order chi connectivity index (χ0) is 13.9. The van der Waals surface area contributed by atoms with Gasteiger partial charge in [0.1, 0.15) is 0 Å². The molecule has 0 spiro atoms. The maximum atomic E-state index is 12.6. The van der Waals surface area contributed by atoms with Gasteiger partial charge in [-0.05, 0) is 38.0 Å². The number of hydrogen-bond donors (Lipinski definition) is 1. The summed E-state index contributed by atoms with van der Waals surface area (Å²) in [7, 11) is 0. The molecule has 1 N–H and O–H groups in total. The Kier molecular flexibility index (Phi) is 2.82. The Balaban J connectivity index is 1.40. The Bertz CT molecular complexity index is 415. The molecule has 3 aliphatic carbocycles. The molecule has 4 fully saturated rings. The summed E-state index contributed by atoms with van der Waals surface area (Å²) >= 11 is 0. The SMILES string of the molecule is CC1(C)[C@H](NC(=O)N(CC2CC2)C2CC2)[C@@H]2CCO[C@@H]21. The lowest BCUT2D eigenvalue weighted by Crippen LogP contribution is -2.68. The van der Waals surface area contributed by atoms with Crippen LogP contribution in [0.15, 0.2) is 0 Å². The van der Waals surface area contributed by atoms with E-state index in [1.807, 2.05) is 0 Å². The van der Waals surface area contributed by atoms with Crippen LogP contribution in [-0.4, -0.2) is 42.3 Å². The minimum Gasteiger partial charge on any atom is -0.377 e. The van der Waals surface area contributed by atoms with Crippen molar-refractivity contribution in [2.24, 2.45) is 17.3 Å². The third-order valence-electron chi connectivity index (χ3n) is 5.78. The number of carbonyl (C=O) groups excluding carboxylic acids is 1. The van der Waals surface area contributed by atoms with Crippen molar-refractivity contribution >= 4 is 6.03 Å². The van der Waals surface area contributed by atoms with Crippen LogP contribution in [0.1, 0.15) is 46.0 Å². The van der Waals surface area contributed by atoms with Gasteiger partial charge in [0.25, 0.3) is 0 Å². The van der Waals surface area contributed by atoms with Crippen molar-refractivity contribution in [1.29, 1.82) is 0 Å². The zero-order valence-corrected chi connectivity index (χ0v) is 12.6. The average Bonchev–Trinajstić information content (AvgIpc) is 3.31. The fourth-order valence-corrected chi connectivity index (χ4v) is 4.20. The van der Waals surface area contributed by atoms with Crippen molar-refractivity contribution in [2.45, 2.75) is 64.1 Å². The van der Waals surface area contributed by atoms with Gasteiger partial charge in [0.2, 0.25) is 0 Å². The second kappa shape index (κ2) is 4.36. The molecule has 4 nitrogen and oxygen atoms in total. The van der Waals surface area contributed by atoms with Crippen LogP contribution in [0.25, 0.3) is 0 Å². The van der Waals surface area contributed by atoms with Gasteiger partial charge in [0.15, 0.2) is 0 Å². The number of ether oxygens (including phenoxy) is 1. The van der Waals surface area contributed by atoms with Gasteiger partial charge >= 0.3 is 6.03 Å². The van der Waals surface area contributed by atoms with Crippen molar-refractivity contribution in [2.75, 3.05) is 13.2 Å². The Morgan fingerprint density at radius 3 is 2.65 bits per heavy atom. The fourth-order valence-electron chi connectivity index (χ4n) is 4.20. The van der Waals surface area contributed by atoms with Crippen LogP contribution < -0.4 is 5.32 Å². The first-order valence-electron chi connectivity index (χ1n) is 8.26. The van der Waals surface area contributed by atoms with E-state index in [0.29, 0.717) is 24.1 Å². The van der Waals surface area contributed by atoms with E-state index >= 15 is 0 Å². The summed E-state index contributed by atoms with van der Waals surface area (Å²) in [6, 6.07) is 1.00. The fraction of sp³-hybridized carbons (Fsp3) is 0.938. The van der Waals surface area contributed by atoms with Crippen molar-refractivity contribution in [3.63, 3.8) is 0 Å². The van der Waals surface area contributed by atoms with Crippen LogP contribution in [0, 0.1) is 17.3 Å². The highest BCUT2D eigenvalue weighted by atomic mass is 16.5. The van der Waals surface area contributed by atoms with Crippen LogP contribution in [0.4, 0.5) is 4.79 Å². The van der Waals surface area contributed by atoms with Crippen molar-refractivity contribution in [1.82, 2.24) is 10.2 Å². The second-order valence-electron chi connectivity index (χ2n) is 7.82. The van der Waals surface area contributed by atoms with Crippen LogP contribution >= 0.6 is 0 Å². The molecule has 0 aromatic rings. The summed E-state index contributed by atoms with van der Waals surface area (Å²) in [5.41, 5.74) is 0.0889. The highest BCUT2D eigenvalue weighted by Gasteiger charge is 2.60. The Hall–Kier alpha value is -0.770. The molecule has 4 rings (SSSR count). The molecule has 4 aliphatic rings. The van der Waals surface area contributed by atoms with E-state index in [4.69, 9.17) is 4.74 Å². The number of nitrogens with zero attached hydrogens (tertiary/aromatic N) is 1. The maximum Gasteiger partial charge on any atom is 0.317 e. The molecule has 2 amide bonds. The molecule has 20 heavy (non-hydrogen) atoms. The molecule has 1 heterocycles. The zero-order valence-electron chi connectivity index (χ0n) is 12.6. The van der Waals surface area contributed by atoms with Crippen LogP contribution in [-0.2, 0) is 4.74 Å². The molecule has 0 unspecified atom stereocenters. The predicted octanol–water partition coefficient (Wildman–Crippen LogP) is 2.38. The van der Waals surface area contributed by atoms with Gasteiger partial charge in [0, 0.05) is 36.6 Å². The van der Waals surface area contributed by atoms with Gasteiger partial charge in [0.05, 0.1) is 6.10 Å². The average molecular weight is 278 g/mol. The molecule has 0 aromatic carbocycles. The highest BCUT2D eigenvalue weighted by Crippen LogP contribution is 2.52. The third-order valence-corrected chi connectivity index (χ3v) is 5.78. The van der Waals surface area contributed by atoms with E-state index in [0.717, 1.165) is 25.5 Å². The lowest BCUT2D eigenvalue weighted by molar-refractivity contribution is -0.109. The van der Waals surface area contributed by atoms with E-state index in [9.17, 15) is 4.79 Å². The largest absolute Gasteiger partial charge is 0.377 e. The van der Waals surface area contributed by atoms with Gasteiger partial charge in [-0.25, -0.2) is 4.79 Å². The lowest BCUT2D eigenvalue weighted by Gasteiger charge is -2.54. The molecule has 1 saturated heterocycles. The number of amides is 2. The van der Waals surface area contributed by atoms with Crippen molar-refractivity contribution < 1.29 is 9.53 Å². The summed E-state index contributed by atoms with van der Waals surface area (Å²) in [5.74, 6) is 1.31. The molecular formula is C16H26N2O2. The second-order valence-corrected chi connectivity index (χ2v) is 7.82. The third kappa shape index (κ3) is 2.03. The van der Waals surface area contributed by atoms with Gasteiger partial charge < -0.3 is 15.0 Å². The molecule has 0 aromatic heterocycles. The van der Waals surface area contributed by atoms with Gasteiger partial charge in [-0.2, -0.15) is 0 Å². The van der Waals surface area contributed by atoms with Gasteiger partial charge in [-0.3, -0.25) is 0 Å². The van der Waals surface area contributed by atoms with Crippen LogP contribution in [0.2, 0.25) is 0 Å². The minimum atomic E-state index is 0.0889. The molecule has 4 heteroatoms. The maximum absolute atomic E-state index is 12.6. The Morgan fingerprint density at radius 1 is 1.25 bits per heavy atom. The van der Waals surface area contributed by atoms with E-state index in [1.54, 1.807) is 0 Å². The number of hydrogen-bond acceptors (Lipinski definition) is 2. The number of carbonyl (C=O) groups is 1. The topological polar surface area (TPSA) is 41.6 Å². The van der Waals surface area contributed by atoms with Gasteiger partial charge in [-0.15, -0.1) is 0 Å². The van der Waals surface area contributed by atoms with E-state index < -0.39 is 0 Å². The summed E-state index contributed by atoms with van der Waals surface area (Å²) in [6.45, 7) is 6.30. The number of nitrogens with one attached hydrogen (secondary N) is 1. The lowest BCUT2D eigenvalue weighted by atomic mass is 9.57. The number of rotatable bonds is 4. The van der Waals surface area contributed by atoms with E-state index in [-0.39, 0.29) is 11.4 Å². The van der Waals surface area contributed by atoms with Gasteiger partial charge in [-0.1, -0.05) is 13.8 Å². The molecule has 0 radical (unpaired) electrons. The van der Waals surface area contributed by atoms with Crippen LogP contribution in [0.5, 0.6) is 0 Å². The Labute approximate surface area is 121 Å². The van der Waals surface area contributed by atoms with Crippen LogP contribution in [0.3, 0.4) is 0 Å². The Morgan fingerprint density at radius 2 is 2.00 bits per heavy atom. The number of urea groups is 1. The van der Waals surface area contributed by atoms with E-state index in [2.05, 4.69) is 24.1 Å². The summed E-state index contributed by atoms with van der Waals surface area (Å²) in [6.07, 6.45) is 6.47.